The van der Waals surface area contributed by atoms with Gasteiger partial charge in [0.05, 0.1) is 10.7 Å². The second kappa shape index (κ2) is 6.82. The summed E-state index contributed by atoms with van der Waals surface area (Å²) in [5, 5.41) is 13.4. The molecule has 4 nitrogen and oxygen atoms in total. The Morgan fingerprint density at radius 1 is 1.19 bits per heavy atom. The van der Waals surface area contributed by atoms with Gasteiger partial charge in [-0.15, -0.1) is 0 Å². The van der Waals surface area contributed by atoms with Crippen LogP contribution >= 0.6 is 31.9 Å². The molecule has 2 N–H and O–H groups in total. The number of phenolic OH excluding ortho intramolecular Hbond substituents is 1. The monoisotopic (exact) mass is 414 g/mol. The van der Waals surface area contributed by atoms with Crippen LogP contribution in [0.3, 0.4) is 0 Å². The van der Waals surface area contributed by atoms with Crippen molar-refractivity contribution < 1.29 is 14.3 Å². The normalized spacial score (nSPS) is 10.8. The number of amides is 1. The summed E-state index contributed by atoms with van der Waals surface area (Å²) < 4.78 is 14.0. The Morgan fingerprint density at radius 2 is 1.86 bits per heavy atom. The maximum absolute atomic E-state index is 12.7. The van der Waals surface area contributed by atoms with Crippen molar-refractivity contribution in [2.75, 3.05) is 0 Å². The molecule has 0 heterocycles. The van der Waals surface area contributed by atoms with Gasteiger partial charge in [0.1, 0.15) is 11.6 Å². The number of nitrogens with zero attached hydrogens (tertiary/aromatic N) is 1. The van der Waals surface area contributed by atoms with E-state index in [0.29, 0.717) is 20.1 Å². The molecule has 0 aromatic heterocycles. The summed E-state index contributed by atoms with van der Waals surface area (Å²) in [5.41, 5.74) is 3.21. The molecule has 0 aliphatic heterocycles. The van der Waals surface area contributed by atoms with E-state index in [-0.39, 0.29) is 5.75 Å². The third-order valence-electron chi connectivity index (χ3n) is 2.54. The van der Waals surface area contributed by atoms with Gasteiger partial charge in [0, 0.05) is 15.6 Å². The third-order valence-corrected chi connectivity index (χ3v) is 3.86. The summed E-state index contributed by atoms with van der Waals surface area (Å²) in [5.74, 6) is -0.808. The molecular weight excluding hydrogens is 407 g/mol. The first-order chi connectivity index (χ1) is 9.97. The fourth-order valence-electron chi connectivity index (χ4n) is 1.48. The van der Waals surface area contributed by atoms with Crippen LogP contribution in [0, 0.1) is 5.82 Å². The quantitative estimate of drug-likeness (QED) is 0.591. The highest BCUT2D eigenvalue weighted by Gasteiger charge is 2.05. The summed E-state index contributed by atoms with van der Waals surface area (Å²) in [6, 6.07) is 8.27. The van der Waals surface area contributed by atoms with Gasteiger partial charge in [-0.1, -0.05) is 15.9 Å². The van der Waals surface area contributed by atoms with E-state index in [0.717, 1.165) is 0 Å². The number of benzene rings is 2. The summed E-state index contributed by atoms with van der Waals surface area (Å²) in [7, 11) is 0. The van der Waals surface area contributed by atoms with Crippen molar-refractivity contribution in [3.63, 3.8) is 0 Å². The minimum atomic E-state index is -0.455. The van der Waals surface area contributed by atoms with E-state index in [2.05, 4.69) is 42.4 Å². The zero-order valence-corrected chi connectivity index (χ0v) is 13.7. The Hall–Kier alpha value is -1.73. The lowest BCUT2D eigenvalue weighted by atomic mass is 10.2. The fourth-order valence-corrected chi connectivity index (χ4v) is 2.58. The average molecular weight is 416 g/mol. The molecule has 0 radical (unpaired) electrons. The van der Waals surface area contributed by atoms with Crippen LogP contribution in [-0.2, 0) is 0 Å². The highest BCUT2D eigenvalue weighted by molar-refractivity contribution is 9.11. The largest absolute Gasteiger partial charge is 0.507 e. The van der Waals surface area contributed by atoms with Crippen molar-refractivity contribution in [1.82, 2.24) is 5.43 Å². The molecule has 0 atom stereocenters. The minimum Gasteiger partial charge on any atom is -0.507 e. The molecule has 2 rings (SSSR count). The van der Waals surface area contributed by atoms with Gasteiger partial charge >= 0.3 is 0 Å². The topological polar surface area (TPSA) is 61.7 Å². The minimum absolute atomic E-state index is 0.0597. The Balaban J connectivity index is 2.07. The Bertz CT molecular complexity index is 703. The maximum atomic E-state index is 12.7. The van der Waals surface area contributed by atoms with Gasteiger partial charge in [-0.3, -0.25) is 4.79 Å². The van der Waals surface area contributed by atoms with Crippen LogP contribution in [0.1, 0.15) is 15.9 Å². The van der Waals surface area contributed by atoms with Crippen LogP contribution < -0.4 is 5.43 Å². The first kappa shape index (κ1) is 15.7. The SMILES string of the molecule is O=C(N/N=C/c1cc(O)c(Br)cc1Br)c1ccc(F)cc1. The van der Waals surface area contributed by atoms with Crippen molar-refractivity contribution in [3.05, 3.63) is 62.3 Å². The van der Waals surface area contributed by atoms with Gasteiger partial charge in [-0.05, 0) is 52.3 Å². The van der Waals surface area contributed by atoms with Gasteiger partial charge in [0.15, 0.2) is 0 Å². The number of aromatic hydroxyl groups is 1. The number of hydrazone groups is 1. The molecule has 0 saturated heterocycles. The zero-order chi connectivity index (χ0) is 15.4. The number of rotatable bonds is 3. The second-order valence-corrected chi connectivity index (χ2v) is 5.74. The molecule has 1 amide bonds. The molecule has 2 aromatic carbocycles. The molecule has 0 aliphatic carbocycles. The van der Waals surface area contributed by atoms with Crippen LogP contribution in [0.15, 0.2) is 50.4 Å². The van der Waals surface area contributed by atoms with E-state index in [9.17, 15) is 14.3 Å². The van der Waals surface area contributed by atoms with E-state index >= 15 is 0 Å². The molecule has 21 heavy (non-hydrogen) atoms. The number of carbonyl (C=O) groups is 1. The number of nitrogens with one attached hydrogen (secondary N) is 1. The van der Waals surface area contributed by atoms with Crippen molar-refractivity contribution in [2.45, 2.75) is 0 Å². The number of carbonyl (C=O) groups excluding carboxylic acids is 1. The predicted octanol–water partition coefficient (Wildman–Crippen LogP) is 3.82. The zero-order valence-electron chi connectivity index (χ0n) is 10.5. The number of hydrogen-bond donors (Lipinski definition) is 2. The molecule has 0 fully saturated rings. The van der Waals surface area contributed by atoms with Crippen LogP contribution in [0.25, 0.3) is 0 Å². The lowest BCUT2D eigenvalue weighted by molar-refractivity contribution is 0.0955. The summed E-state index contributed by atoms with van der Waals surface area (Å²) in [6.45, 7) is 0. The highest BCUT2D eigenvalue weighted by Crippen LogP contribution is 2.29. The third kappa shape index (κ3) is 4.12. The second-order valence-electron chi connectivity index (χ2n) is 4.03. The lowest BCUT2D eigenvalue weighted by Crippen LogP contribution is -2.17. The predicted molar refractivity (Wildman–Crippen MR) is 85.0 cm³/mol. The van der Waals surface area contributed by atoms with Crippen molar-refractivity contribution >= 4 is 44.0 Å². The van der Waals surface area contributed by atoms with Gasteiger partial charge in [-0.25, -0.2) is 9.82 Å². The van der Waals surface area contributed by atoms with E-state index in [1.807, 2.05) is 0 Å². The standard InChI is InChI=1S/C14H9Br2FN2O2/c15-11-6-12(16)13(20)5-9(11)7-18-19-14(21)8-1-3-10(17)4-2-8/h1-7,20H,(H,19,21)/b18-7+. The number of hydrogen-bond acceptors (Lipinski definition) is 3. The first-order valence-electron chi connectivity index (χ1n) is 5.74. The Kier molecular flexibility index (Phi) is 5.08. The molecule has 2 aromatic rings. The molecule has 108 valence electrons. The molecule has 0 bridgehead atoms. The molecule has 0 saturated carbocycles. The summed E-state index contributed by atoms with van der Waals surface area (Å²) >= 11 is 6.50. The van der Waals surface area contributed by atoms with Gasteiger partial charge < -0.3 is 5.11 Å². The smallest absolute Gasteiger partial charge is 0.271 e. The van der Waals surface area contributed by atoms with Crippen molar-refractivity contribution in [3.8, 4) is 5.75 Å². The van der Waals surface area contributed by atoms with Crippen molar-refractivity contribution in [2.24, 2.45) is 5.10 Å². The summed E-state index contributed by atoms with van der Waals surface area (Å²) in [6.07, 6.45) is 1.39. The molecule has 0 unspecified atom stereocenters. The van der Waals surface area contributed by atoms with Crippen LogP contribution in [0.2, 0.25) is 0 Å². The molecule has 7 heteroatoms. The molecule has 0 aliphatic rings. The van der Waals surface area contributed by atoms with Crippen LogP contribution in [-0.4, -0.2) is 17.2 Å². The van der Waals surface area contributed by atoms with Gasteiger partial charge in [0.25, 0.3) is 5.91 Å². The van der Waals surface area contributed by atoms with E-state index in [4.69, 9.17) is 0 Å². The van der Waals surface area contributed by atoms with E-state index < -0.39 is 11.7 Å². The average Bonchev–Trinajstić information content (AvgIpc) is 2.45. The highest BCUT2D eigenvalue weighted by atomic mass is 79.9. The molecule has 0 spiro atoms. The Morgan fingerprint density at radius 3 is 2.52 bits per heavy atom. The summed E-state index contributed by atoms with van der Waals surface area (Å²) in [4.78, 5) is 11.7. The number of phenols is 1. The Labute approximate surface area is 136 Å². The maximum Gasteiger partial charge on any atom is 0.271 e. The molecular formula is C14H9Br2FN2O2. The van der Waals surface area contributed by atoms with Crippen LogP contribution in [0.5, 0.6) is 5.75 Å². The lowest BCUT2D eigenvalue weighted by Gasteiger charge is -2.03. The van der Waals surface area contributed by atoms with E-state index in [1.54, 1.807) is 6.07 Å². The first-order valence-corrected chi connectivity index (χ1v) is 7.33. The van der Waals surface area contributed by atoms with Crippen LogP contribution in [0.4, 0.5) is 4.39 Å². The van der Waals surface area contributed by atoms with Gasteiger partial charge in [0.2, 0.25) is 0 Å². The van der Waals surface area contributed by atoms with Crippen molar-refractivity contribution in [1.29, 1.82) is 0 Å². The number of halogens is 3. The fraction of sp³-hybridized carbons (Fsp3) is 0. The van der Waals surface area contributed by atoms with E-state index in [1.165, 1.54) is 36.5 Å². The van der Waals surface area contributed by atoms with Gasteiger partial charge in [-0.2, -0.15) is 5.10 Å².